The van der Waals surface area contributed by atoms with Crippen LogP contribution in [0.25, 0.3) is 0 Å². The first-order chi connectivity index (χ1) is 4.72. The standard InChI is InChI=1S/C6H13N3O/c1-4-5(6(7)10)9-3-2-8-4/h4-5,8-9H,2-3H2,1H3,(H2,7,10)/t4-,5+/m0/s1. The van der Waals surface area contributed by atoms with Gasteiger partial charge in [-0.1, -0.05) is 0 Å². The van der Waals surface area contributed by atoms with Gasteiger partial charge in [0, 0.05) is 19.1 Å². The Hall–Kier alpha value is -0.610. The van der Waals surface area contributed by atoms with E-state index >= 15 is 0 Å². The van der Waals surface area contributed by atoms with Crippen molar-refractivity contribution in [3.05, 3.63) is 0 Å². The van der Waals surface area contributed by atoms with Crippen molar-refractivity contribution in [1.82, 2.24) is 10.6 Å². The van der Waals surface area contributed by atoms with Gasteiger partial charge in [0.05, 0.1) is 0 Å². The lowest BCUT2D eigenvalue weighted by Gasteiger charge is -2.28. The molecule has 1 fully saturated rings. The number of hydrogen-bond acceptors (Lipinski definition) is 3. The third kappa shape index (κ3) is 1.46. The van der Waals surface area contributed by atoms with Crippen molar-refractivity contribution in [2.45, 2.75) is 19.0 Å². The molecule has 4 heteroatoms. The van der Waals surface area contributed by atoms with Crippen LogP contribution in [0.3, 0.4) is 0 Å². The van der Waals surface area contributed by atoms with E-state index < -0.39 is 0 Å². The summed E-state index contributed by atoms with van der Waals surface area (Å²) in [6, 6.07) is -0.0417. The number of amides is 1. The van der Waals surface area contributed by atoms with E-state index in [2.05, 4.69) is 10.6 Å². The third-order valence-corrected chi connectivity index (χ3v) is 1.76. The average Bonchev–Trinajstić information content (AvgIpc) is 1.88. The van der Waals surface area contributed by atoms with Crippen LogP contribution in [0.4, 0.5) is 0 Å². The highest BCUT2D eigenvalue weighted by molar-refractivity contribution is 5.80. The van der Waals surface area contributed by atoms with Crippen LogP contribution in [-0.2, 0) is 4.79 Å². The molecule has 0 aromatic rings. The zero-order valence-electron chi connectivity index (χ0n) is 6.05. The molecule has 58 valence electrons. The molecule has 0 unspecified atom stereocenters. The van der Waals surface area contributed by atoms with Gasteiger partial charge in [0.15, 0.2) is 0 Å². The van der Waals surface area contributed by atoms with E-state index in [0.29, 0.717) is 0 Å². The first-order valence-electron chi connectivity index (χ1n) is 3.48. The molecule has 0 aromatic heterocycles. The molecule has 4 nitrogen and oxygen atoms in total. The number of carbonyl (C=O) groups is 1. The summed E-state index contributed by atoms with van der Waals surface area (Å²) in [4.78, 5) is 10.7. The minimum Gasteiger partial charge on any atom is -0.368 e. The summed E-state index contributed by atoms with van der Waals surface area (Å²) >= 11 is 0. The lowest BCUT2D eigenvalue weighted by atomic mass is 10.1. The van der Waals surface area contributed by atoms with Crippen LogP contribution >= 0.6 is 0 Å². The predicted molar refractivity (Wildman–Crippen MR) is 38.4 cm³/mol. The predicted octanol–water partition coefficient (Wildman–Crippen LogP) is -1.58. The fraction of sp³-hybridized carbons (Fsp3) is 0.833. The van der Waals surface area contributed by atoms with Crippen molar-refractivity contribution < 1.29 is 4.79 Å². The molecule has 0 spiro atoms. The summed E-state index contributed by atoms with van der Waals surface area (Å²) in [5, 5.41) is 6.18. The number of hydrogen-bond donors (Lipinski definition) is 3. The number of nitrogens with one attached hydrogen (secondary N) is 2. The Morgan fingerprint density at radius 2 is 2.10 bits per heavy atom. The molecule has 2 atom stereocenters. The van der Waals surface area contributed by atoms with Gasteiger partial charge in [-0.2, -0.15) is 0 Å². The monoisotopic (exact) mass is 143 g/mol. The maximum Gasteiger partial charge on any atom is 0.236 e. The van der Waals surface area contributed by atoms with Gasteiger partial charge >= 0.3 is 0 Å². The van der Waals surface area contributed by atoms with Crippen molar-refractivity contribution in [2.75, 3.05) is 13.1 Å². The lowest BCUT2D eigenvalue weighted by molar-refractivity contribution is -0.120. The summed E-state index contributed by atoms with van der Waals surface area (Å²) in [6.45, 7) is 3.67. The fourth-order valence-corrected chi connectivity index (χ4v) is 1.17. The molecule has 0 bridgehead atoms. The number of piperazine rings is 1. The Kier molecular flexibility index (Phi) is 2.24. The van der Waals surface area contributed by atoms with Crippen molar-refractivity contribution in [1.29, 1.82) is 0 Å². The van der Waals surface area contributed by atoms with Crippen LogP contribution in [0.5, 0.6) is 0 Å². The normalized spacial score (nSPS) is 33.7. The minimum absolute atomic E-state index is 0.159. The smallest absolute Gasteiger partial charge is 0.236 e. The summed E-state index contributed by atoms with van der Waals surface area (Å²) in [7, 11) is 0. The third-order valence-electron chi connectivity index (χ3n) is 1.76. The van der Waals surface area contributed by atoms with Crippen LogP contribution in [0.2, 0.25) is 0 Å². The molecule has 1 amide bonds. The van der Waals surface area contributed by atoms with E-state index in [4.69, 9.17) is 5.73 Å². The van der Waals surface area contributed by atoms with Crippen LogP contribution in [0, 0.1) is 0 Å². The quantitative estimate of drug-likeness (QED) is 0.415. The van der Waals surface area contributed by atoms with Gasteiger partial charge in [0.1, 0.15) is 6.04 Å². The molecule has 1 aliphatic heterocycles. The number of primary amides is 1. The van der Waals surface area contributed by atoms with Crippen LogP contribution < -0.4 is 16.4 Å². The Balaban J connectivity index is 2.47. The molecule has 0 aromatic carbocycles. The van der Waals surface area contributed by atoms with E-state index in [1.807, 2.05) is 6.92 Å². The topological polar surface area (TPSA) is 67.2 Å². The van der Waals surface area contributed by atoms with Crippen molar-refractivity contribution >= 4 is 5.91 Å². The van der Waals surface area contributed by atoms with Gasteiger partial charge in [-0.25, -0.2) is 0 Å². The Morgan fingerprint density at radius 3 is 2.50 bits per heavy atom. The van der Waals surface area contributed by atoms with Gasteiger partial charge in [-0.05, 0) is 6.92 Å². The molecule has 1 aliphatic rings. The van der Waals surface area contributed by atoms with Gasteiger partial charge < -0.3 is 16.4 Å². The second-order valence-electron chi connectivity index (χ2n) is 2.58. The Labute approximate surface area is 60.2 Å². The van der Waals surface area contributed by atoms with Crippen LogP contribution in [-0.4, -0.2) is 31.1 Å². The molecule has 0 aliphatic carbocycles. The number of nitrogens with two attached hydrogens (primary N) is 1. The minimum atomic E-state index is -0.278. The molecule has 1 heterocycles. The molecular weight excluding hydrogens is 130 g/mol. The van der Waals surface area contributed by atoms with Gasteiger partial charge in [0.25, 0.3) is 0 Å². The SMILES string of the molecule is C[C@@H]1NCCN[C@H]1C(N)=O. The van der Waals surface area contributed by atoms with E-state index in [1.54, 1.807) is 0 Å². The highest BCUT2D eigenvalue weighted by atomic mass is 16.1. The second-order valence-corrected chi connectivity index (χ2v) is 2.58. The number of carbonyl (C=O) groups excluding carboxylic acids is 1. The molecule has 10 heavy (non-hydrogen) atoms. The molecule has 4 N–H and O–H groups in total. The number of rotatable bonds is 1. The van der Waals surface area contributed by atoms with Gasteiger partial charge in [-0.3, -0.25) is 4.79 Å². The van der Waals surface area contributed by atoms with Crippen molar-refractivity contribution in [3.63, 3.8) is 0 Å². The second kappa shape index (κ2) is 2.98. The molecule has 0 saturated carbocycles. The average molecular weight is 143 g/mol. The highest BCUT2D eigenvalue weighted by Crippen LogP contribution is 1.95. The summed E-state index contributed by atoms with van der Waals surface area (Å²) in [6.07, 6.45) is 0. The van der Waals surface area contributed by atoms with Crippen LogP contribution in [0.1, 0.15) is 6.92 Å². The zero-order valence-corrected chi connectivity index (χ0v) is 6.05. The van der Waals surface area contributed by atoms with Crippen LogP contribution in [0.15, 0.2) is 0 Å². The molecule has 1 rings (SSSR count). The van der Waals surface area contributed by atoms with E-state index in [-0.39, 0.29) is 18.0 Å². The van der Waals surface area contributed by atoms with Crippen molar-refractivity contribution in [3.8, 4) is 0 Å². The molecular formula is C6H13N3O. The maximum atomic E-state index is 10.7. The maximum absolute atomic E-state index is 10.7. The largest absolute Gasteiger partial charge is 0.368 e. The molecule has 0 radical (unpaired) electrons. The Morgan fingerprint density at radius 1 is 1.50 bits per heavy atom. The molecule has 1 saturated heterocycles. The van der Waals surface area contributed by atoms with E-state index in [9.17, 15) is 4.79 Å². The van der Waals surface area contributed by atoms with Crippen molar-refractivity contribution in [2.24, 2.45) is 5.73 Å². The van der Waals surface area contributed by atoms with Gasteiger partial charge in [0.2, 0.25) is 5.91 Å². The first-order valence-corrected chi connectivity index (χ1v) is 3.48. The summed E-state index contributed by atoms with van der Waals surface area (Å²) in [5.74, 6) is -0.278. The zero-order chi connectivity index (χ0) is 7.56. The highest BCUT2D eigenvalue weighted by Gasteiger charge is 2.24. The van der Waals surface area contributed by atoms with Gasteiger partial charge in [-0.15, -0.1) is 0 Å². The first kappa shape index (κ1) is 7.50. The fourth-order valence-electron chi connectivity index (χ4n) is 1.17. The summed E-state index contributed by atoms with van der Waals surface area (Å²) < 4.78 is 0. The van der Waals surface area contributed by atoms with E-state index in [0.717, 1.165) is 13.1 Å². The lowest BCUT2D eigenvalue weighted by Crippen LogP contribution is -2.59. The summed E-state index contributed by atoms with van der Waals surface area (Å²) in [5.41, 5.74) is 5.12. The van der Waals surface area contributed by atoms with E-state index in [1.165, 1.54) is 0 Å². The Bertz CT molecular complexity index is 137.